The van der Waals surface area contributed by atoms with Crippen LogP contribution < -0.4 is 10.1 Å². The van der Waals surface area contributed by atoms with Crippen LogP contribution in [0, 0.1) is 0 Å². The maximum Gasteiger partial charge on any atom is 0.417 e. The van der Waals surface area contributed by atoms with Crippen molar-refractivity contribution in [3.8, 4) is 5.88 Å². The van der Waals surface area contributed by atoms with E-state index in [9.17, 15) is 13.2 Å². The quantitative estimate of drug-likeness (QED) is 0.421. The third kappa shape index (κ3) is 5.98. The summed E-state index contributed by atoms with van der Waals surface area (Å²) in [6.07, 6.45) is -2.35. The van der Waals surface area contributed by atoms with Gasteiger partial charge in [-0.05, 0) is 13.0 Å². The average Bonchev–Trinajstić information content (AvgIpc) is 3.02. The van der Waals surface area contributed by atoms with Gasteiger partial charge >= 0.3 is 6.18 Å². The van der Waals surface area contributed by atoms with Crippen LogP contribution in [0.3, 0.4) is 0 Å². The second kappa shape index (κ2) is 9.58. The molecule has 0 saturated carbocycles. The van der Waals surface area contributed by atoms with Gasteiger partial charge in [-0.1, -0.05) is 11.6 Å². The number of rotatable bonds is 7. The number of alkyl halides is 3. The second-order valence-electron chi connectivity index (χ2n) is 5.75. The molecular formula is C16H21ClF3N7O. The molecule has 0 atom stereocenters. The van der Waals surface area contributed by atoms with Gasteiger partial charge in [0.2, 0.25) is 5.88 Å². The number of aromatic nitrogens is 4. The molecule has 0 unspecified atom stereocenters. The highest BCUT2D eigenvalue weighted by atomic mass is 35.5. The first-order chi connectivity index (χ1) is 13.2. The first-order valence-electron chi connectivity index (χ1n) is 8.40. The standard InChI is InChI=1S/C16H21ClF3N7O/c1-4-21-15(26(2)9-13-24-10-25-27(13)3)22-5-6-28-14-12(17)7-11(8-23-14)16(18,19)20/h7-8,10H,4-6,9H2,1-3H3,(H,21,22). The Labute approximate surface area is 165 Å². The molecule has 0 saturated heterocycles. The van der Waals surface area contributed by atoms with Gasteiger partial charge in [0.15, 0.2) is 5.96 Å². The van der Waals surface area contributed by atoms with Gasteiger partial charge in [-0.25, -0.2) is 15.0 Å². The summed E-state index contributed by atoms with van der Waals surface area (Å²) in [5.41, 5.74) is -0.928. The van der Waals surface area contributed by atoms with Crippen molar-refractivity contribution >= 4 is 17.6 Å². The fraction of sp³-hybridized carbons (Fsp3) is 0.500. The third-order valence-electron chi connectivity index (χ3n) is 3.61. The van der Waals surface area contributed by atoms with Crippen molar-refractivity contribution < 1.29 is 17.9 Å². The molecule has 8 nitrogen and oxygen atoms in total. The van der Waals surface area contributed by atoms with E-state index < -0.39 is 11.7 Å². The van der Waals surface area contributed by atoms with Crippen LogP contribution in [0.4, 0.5) is 13.2 Å². The van der Waals surface area contributed by atoms with Crippen molar-refractivity contribution in [2.45, 2.75) is 19.6 Å². The Morgan fingerprint density at radius 1 is 1.39 bits per heavy atom. The van der Waals surface area contributed by atoms with Gasteiger partial charge in [-0.2, -0.15) is 18.3 Å². The van der Waals surface area contributed by atoms with E-state index in [4.69, 9.17) is 16.3 Å². The van der Waals surface area contributed by atoms with Crippen molar-refractivity contribution in [2.24, 2.45) is 12.0 Å². The maximum atomic E-state index is 12.6. The lowest BCUT2D eigenvalue weighted by Crippen LogP contribution is -2.39. The molecule has 0 radical (unpaired) electrons. The number of aryl methyl sites for hydroxylation is 1. The Bertz CT molecular complexity index is 810. The van der Waals surface area contributed by atoms with Crippen molar-refractivity contribution in [1.29, 1.82) is 0 Å². The molecule has 12 heteroatoms. The number of hydrogen-bond acceptors (Lipinski definition) is 5. The van der Waals surface area contributed by atoms with E-state index in [1.165, 1.54) is 6.33 Å². The molecule has 0 aromatic carbocycles. The van der Waals surface area contributed by atoms with Gasteiger partial charge in [-0.15, -0.1) is 0 Å². The molecule has 1 N–H and O–H groups in total. The molecule has 154 valence electrons. The molecule has 2 aromatic rings. The number of ether oxygens (including phenoxy) is 1. The smallest absolute Gasteiger partial charge is 0.417 e. The Hall–Kier alpha value is -2.56. The minimum atomic E-state index is -4.51. The van der Waals surface area contributed by atoms with Crippen LogP contribution in [0.5, 0.6) is 5.88 Å². The minimum absolute atomic E-state index is 0.0673. The predicted octanol–water partition coefficient (Wildman–Crippen LogP) is 2.36. The van der Waals surface area contributed by atoms with Gasteiger partial charge in [0.25, 0.3) is 0 Å². The Balaban J connectivity index is 1.94. The second-order valence-corrected chi connectivity index (χ2v) is 6.16. The van der Waals surface area contributed by atoms with E-state index in [1.807, 2.05) is 18.9 Å². The summed E-state index contributed by atoms with van der Waals surface area (Å²) in [6.45, 7) is 3.45. The summed E-state index contributed by atoms with van der Waals surface area (Å²) in [6, 6.07) is 0.784. The van der Waals surface area contributed by atoms with Crippen LogP contribution in [0.2, 0.25) is 5.02 Å². The topological polar surface area (TPSA) is 80.5 Å². The number of nitrogens with zero attached hydrogens (tertiary/aromatic N) is 6. The van der Waals surface area contributed by atoms with Crippen molar-refractivity contribution in [1.82, 2.24) is 30.0 Å². The highest BCUT2D eigenvalue weighted by Gasteiger charge is 2.31. The Kier molecular flexibility index (Phi) is 7.44. The lowest BCUT2D eigenvalue weighted by atomic mass is 10.3. The summed E-state index contributed by atoms with van der Waals surface area (Å²) < 4.78 is 44.9. The normalized spacial score (nSPS) is 12.2. The summed E-state index contributed by atoms with van der Waals surface area (Å²) in [5, 5.41) is 6.96. The molecule has 0 bridgehead atoms. The molecule has 2 aromatic heterocycles. The van der Waals surface area contributed by atoms with Gasteiger partial charge in [-0.3, -0.25) is 4.68 Å². The van der Waals surface area contributed by atoms with E-state index in [2.05, 4.69) is 25.4 Å². The summed E-state index contributed by atoms with van der Waals surface area (Å²) in [7, 11) is 3.65. The molecule has 0 aliphatic rings. The lowest BCUT2D eigenvalue weighted by molar-refractivity contribution is -0.137. The number of hydrogen-bond donors (Lipinski definition) is 1. The van der Waals surface area contributed by atoms with Crippen LogP contribution >= 0.6 is 11.6 Å². The van der Waals surface area contributed by atoms with E-state index in [0.717, 1.165) is 11.9 Å². The van der Waals surface area contributed by atoms with Crippen LogP contribution in [0.25, 0.3) is 0 Å². The maximum absolute atomic E-state index is 12.6. The van der Waals surface area contributed by atoms with E-state index in [-0.39, 0.29) is 24.1 Å². The molecule has 0 fully saturated rings. The van der Waals surface area contributed by atoms with Crippen molar-refractivity contribution in [2.75, 3.05) is 26.7 Å². The zero-order valence-corrected chi connectivity index (χ0v) is 16.4. The predicted molar refractivity (Wildman–Crippen MR) is 98.2 cm³/mol. The summed E-state index contributed by atoms with van der Waals surface area (Å²) in [5.74, 6) is 1.33. The van der Waals surface area contributed by atoms with Gasteiger partial charge in [0.05, 0.1) is 18.7 Å². The van der Waals surface area contributed by atoms with Crippen LogP contribution in [0.15, 0.2) is 23.6 Å². The zero-order valence-electron chi connectivity index (χ0n) is 15.7. The first kappa shape index (κ1) is 21.7. The number of pyridine rings is 1. The number of nitrogens with one attached hydrogen (secondary N) is 1. The molecule has 0 aliphatic carbocycles. The average molecular weight is 420 g/mol. The van der Waals surface area contributed by atoms with Crippen LogP contribution in [-0.4, -0.2) is 57.4 Å². The third-order valence-corrected chi connectivity index (χ3v) is 3.88. The molecule has 0 aliphatic heterocycles. The number of aliphatic imine (C=N–C) groups is 1. The first-order valence-corrected chi connectivity index (χ1v) is 8.78. The number of halogens is 4. The highest BCUT2D eigenvalue weighted by Crippen LogP contribution is 2.32. The Morgan fingerprint density at radius 2 is 2.14 bits per heavy atom. The fourth-order valence-corrected chi connectivity index (χ4v) is 2.42. The lowest BCUT2D eigenvalue weighted by Gasteiger charge is -2.21. The molecule has 2 rings (SSSR count). The largest absolute Gasteiger partial charge is 0.475 e. The molecule has 2 heterocycles. The summed E-state index contributed by atoms with van der Waals surface area (Å²) >= 11 is 5.81. The molecule has 28 heavy (non-hydrogen) atoms. The molecule has 0 amide bonds. The monoisotopic (exact) mass is 419 g/mol. The van der Waals surface area contributed by atoms with Crippen LogP contribution in [-0.2, 0) is 19.8 Å². The van der Waals surface area contributed by atoms with Crippen LogP contribution in [0.1, 0.15) is 18.3 Å². The highest BCUT2D eigenvalue weighted by molar-refractivity contribution is 6.31. The number of guanidine groups is 1. The van der Waals surface area contributed by atoms with Crippen molar-refractivity contribution in [3.63, 3.8) is 0 Å². The van der Waals surface area contributed by atoms with E-state index >= 15 is 0 Å². The SMILES string of the molecule is CCNC(=NCCOc1ncc(C(F)(F)F)cc1Cl)N(C)Cc1ncnn1C. The van der Waals surface area contributed by atoms with Gasteiger partial charge in [0.1, 0.15) is 23.8 Å². The minimum Gasteiger partial charge on any atom is -0.475 e. The van der Waals surface area contributed by atoms with E-state index in [0.29, 0.717) is 25.2 Å². The van der Waals surface area contributed by atoms with E-state index in [1.54, 1.807) is 11.7 Å². The van der Waals surface area contributed by atoms with Gasteiger partial charge < -0.3 is 15.0 Å². The Morgan fingerprint density at radius 3 is 2.71 bits per heavy atom. The fourth-order valence-electron chi connectivity index (χ4n) is 2.20. The zero-order chi connectivity index (χ0) is 20.7. The van der Waals surface area contributed by atoms with Crippen molar-refractivity contribution in [3.05, 3.63) is 35.0 Å². The summed E-state index contributed by atoms with van der Waals surface area (Å²) in [4.78, 5) is 14.1. The van der Waals surface area contributed by atoms with Gasteiger partial charge in [0, 0.05) is 26.8 Å². The molecule has 0 spiro atoms. The molecular weight excluding hydrogens is 399 g/mol.